The van der Waals surface area contributed by atoms with E-state index in [1.54, 1.807) is 0 Å². The van der Waals surface area contributed by atoms with Crippen molar-refractivity contribution >= 4 is 11.8 Å². The smallest absolute Gasteiger partial charge is 0.417 e. The number of ether oxygens (including phenoxy) is 1. The van der Waals surface area contributed by atoms with Crippen LogP contribution in [-0.2, 0) is 15.7 Å². The van der Waals surface area contributed by atoms with Crippen LogP contribution in [0.3, 0.4) is 0 Å². The second-order valence-corrected chi connectivity index (χ2v) is 5.41. The van der Waals surface area contributed by atoms with Crippen molar-refractivity contribution in [1.29, 1.82) is 0 Å². The Morgan fingerprint density at radius 1 is 1.45 bits per heavy atom. The van der Waals surface area contributed by atoms with E-state index in [4.69, 9.17) is 4.74 Å². The van der Waals surface area contributed by atoms with Crippen molar-refractivity contribution in [2.45, 2.75) is 51.4 Å². The van der Waals surface area contributed by atoms with Crippen LogP contribution in [0.2, 0.25) is 0 Å². The Bertz CT molecular complexity index is 517. The Morgan fingerprint density at radius 3 is 2.68 bits per heavy atom. The van der Waals surface area contributed by atoms with Crippen LogP contribution >= 0.6 is 0 Å². The minimum Gasteiger partial charge on any atom is -0.462 e. The van der Waals surface area contributed by atoms with Crippen molar-refractivity contribution in [3.63, 3.8) is 0 Å². The van der Waals surface area contributed by atoms with Gasteiger partial charge in [-0.3, -0.25) is 4.79 Å². The van der Waals surface area contributed by atoms with Gasteiger partial charge in [-0.05, 0) is 18.6 Å². The van der Waals surface area contributed by atoms with Gasteiger partial charge in [-0.15, -0.1) is 0 Å². The molecule has 1 saturated heterocycles. The minimum atomic E-state index is -4.38. The molecule has 122 valence electrons. The highest BCUT2D eigenvalue weighted by Gasteiger charge is 2.33. The maximum absolute atomic E-state index is 12.6. The molecule has 0 bridgehead atoms. The van der Waals surface area contributed by atoms with Crippen LogP contribution in [0.5, 0.6) is 0 Å². The lowest BCUT2D eigenvalue weighted by Crippen LogP contribution is -2.45. The standard InChI is InChI=1S/C15H19F3N2O2/c1-3-12-8-13(22-10(2)21)6-7-20(12)14-5-4-11(9-19-14)15(16,17)18/h4-5,9,12-13H,3,6-8H2,1-2H3/t12-,13+/m0/s1. The average Bonchev–Trinajstić information content (AvgIpc) is 2.45. The summed E-state index contributed by atoms with van der Waals surface area (Å²) in [5, 5.41) is 0. The van der Waals surface area contributed by atoms with E-state index in [0.29, 0.717) is 25.2 Å². The van der Waals surface area contributed by atoms with E-state index in [0.717, 1.165) is 18.7 Å². The summed E-state index contributed by atoms with van der Waals surface area (Å²) >= 11 is 0. The molecule has 1 fully saturated rings. The molecule has 4 nitrogen and oxygen atoms in total. The van der Waals surface area contributed by atoms with Gasteiger partial charge in [-0.2, -0.15) is 13.2 Å². The molecule has 0 unspecified atom stereocenters. The number of hydrogen-bond acceptors (Lipinski definition) is 4. The van der Waals surface area contributed by atoms with Gasteiger partial charge in [0.1, 0.15) is 11.9 Å². The van der Waals surface area contributed by atoms with E-state index in [-0.39, 0.29) is 18.1 Å². The van der Waals surface area contributed by atoms with Crippen LogP contribution in [0.15, 0.2) is 18.3 Å². The summed E-state index contributed by atoms with van der Waals surface area (Å²) in [6.45, 7) is 3.98. The Hall–Kier alpha value is -1.79. The van der Waals surface area contributed by atoms with Crippen LogP contribution in [0, 0.1) is 0 Å². The number of pyridine rings is 1. The molecule has 0 saturated carbocycles. The van der Waals surface area contributed by atoms with E-state index < -0.39 is 11.7 Å². The first kappa shape index (κ1) is 16.6. The minimum absolute atomic E-state index is 0.0994. The van der Waals surface area contributed by atoms with Crippen molar-refractivity contribution in [2.75, 3.05) is 11.4 Å². The van der Waals surface area contributed by atoms with Gasteiger partial charge in [0.05, 0.1) is 5.56 Å². The molecule has 7 heteroatoms. The number of hydrogen-bond donors (Lipinski definition) is 0. The zero-order valence-corrected chi connectivity index (χ0v) is 12.6. The third-order valence-corrected chi connectivity index (χ3v) is 3.84. The highest BCUT2D eigenvalue weighted by atomic mass is 19.4. The van der Waals surface area contributed by atoms with E-state index in [2.05, 4.69) is 4.98 Å². The molecule has 1 aliphatic heterocycles. The molecule has 0 aliphatic carbocycles. The van der Waals surface area contributed by atoms with Gasteiger partial charge in [0.15, 0.2) is 0 Å². The molecule has 1 aromatic rings. The summed E-state index contributed by atoms with van der Waals surface area (Å²) in [6, 6.07) is 2.55. The van der Waals surface area contributed by atoms with E-state index >= 15 is 0 Å². The van der Waals surface area contributed by atoms with Crippen molar-refractivity contribution < 1.29 is 22.7 Å². The zero-order chi connectivity index (χ0) is 16.3. The summed E-state index contributed by atoms with van der Waals surface area (Å²) in [7, 11) is 0. The Morgan fingerprint density at radius 2 is 2.18 bits per heavy atom. The quantitative estimate of drug-likeness (QED) is 0.802. The molecular formula is C15H19F3N2O2. The predicted molar refractivity (Wildman–Crippen MR) is 75.5 cm³/mol. The summed E-state index contributed by atoms with van der Waals surface area (Å²) in [5.74, 6) is 0.224. The third-order valence-electron chi connectivity index (χ3n) is 3.84. The van der Waals surface area contributed by atoms with Crippen molar-refractivity contribution in [1.82, 2.24) is 4.98 Å². The van der Waals surface area contributed by atoms with Crippen LogP contribution in [0.4, 0.5) is 19.0 Å². The number of anilines is 1. The number of rotatable bonds is 3. The normalized spacial score (nSPS) is 22.5. The number of piperidine rings is 1. The molecule has 22 heavy (non-hydrogen) atoms. The molecule has 1 aromatic heterocycles. The van der Waals surface area contributed by atoms with Gasteiger partial charge >= 0.3 is 12.1 Å². The van der Waals surface area contributed by atoms with Crippen molar-refractivity contribution in [3.05, 3.63) is 23.9 Å². The number of nitrogens with zero attached hydrogens (tertiary/aromatic N) is 2. The number of carbonyl (C=O) groups is 1. The second kappa shape index (κ2) is 6.54. The number of aromatic nitrogens is 1. The Kier molecular flexibility index (Phi) is 4.93. The SMILES string of the molecule is CC[C@H]1C[C@H](OC(C)=O)CCN1c1ccc(C(F)(F)F)cn1. The Balaban J connectivity index is 2.10. The van der Waals surface area contributed by atoms with Crippen LogP contribution in [0.25, 0.3) is 0 Å². The third kappa shape index (κ3) is 3.90. The van der Waals surface area contributed by atoms with E-state index in [9.17, 15) is 18.0 Å². The van der Waals surface area contributed by atoms with Crippen LogP contribution in [-0.4, -0.2) is 29.6 Å². The number of alkyl halides is 3. The first-order chi connectivity index (χ1) is 10.3. The molecule has 2 rings (SSSR count). The fourth-order valence-corrected chi connectivity index (χ4v) is 2.77. The molecule has 2 atom stereocenters. The predicted octanol–water partition coefficient (Wildman–Crippen LogP) is 3.41. The fraction of sp³-hybridized carbons (Fsp3) is 0.600. The highest BCUT2D eigenvalue weighted by molar-refractivity contribution is 5.66. The lowest BCUT2D eigenvalue weighted by atomic mass is 9.97. The highest BCUT2D eigenvalue weighted by Crippen LogP contribution is 2.31. The maximum atomic E-state index is 12.6. The topological polar surface area (TPSA) is 42.4 Å². The van der Waals surface area contributed by atoms with Gasteiger partial charge in [-0.25, -0.2) is 4.98 Å². The first-order valence-corrected chi connectivity index (χ1v) is 7.28. The number of esters is 1. The monoisotopic (exact) mass is 316 g/mol. The lowest BCUT2D eigenvalue weighted by molar-refractivity contribution is -0.147. The largest absolute Gasteiger partial charge is 0.462 e. The van der Waals surface area contributed by atoms with Gasteiger partial charge in [-0.1, -0.05) is 6.92 Å². The molecule has 0 amide bonds. The zero-order valence-electron chi connectivity index (χ0n) is 12.6. The molecule has 0 N–H and O–H groups in total. The fourth-order valence-electron chi connectivity index (χ4n) is 2.77. The molecule has 0 spiro atoms. The summed E-state index contributed by atoms with van der Waals surface area (Å²) in [4.78, 5) is 17.0. The van der Waals surface area contributed by atoms with Crippen LogP contribution < -0.4 is 4.90 Å². The first-order valence-electron chi connectivity index (χ1n) is 7.28. The number of carbonyl (C=O) groups excluding carboxylic acids is 1. The van der Waals surface area contributed by atoms with Crippen LogP contribution in [0.1, 0.15) is 38.7 Å². The van der Waals surface area contributed by atoms with Gasteiger partial charge in [0, 0.05) is 38.5 Å². The second-order valence-electron chi connectivity index (χ2n) is 5.41. The Labute approximate surface area is 127 Å². The molecule has 0 radical (unpaired) electrons. The van der Waals surface area contributed by atoms with E-state index in [1.807, 2.05) is 11.8 Å². The number of halogens is 3. The summed E-state index contributed by atoms with van der Waals surface area (Å²) in [6.07, 6.45) is -1.52. The molecule has 1 aliphatic rings. The summed E-state index contributed by atoms with van der Waals surface area (Å²) < 4.78 is 43.0. The lowest BCUT2D eigenvalue weighted by Gasteiger charge is -2.39. The van der Waals surface area contributed by atoms with Gasteiger partial charge < -0.3 is 9.64 Å². The summed E-state index contributed by atoms with van der Waals surface area (Å²) in [5.41, 5.74) is -0.751. The van der Waals surface area contributed by atoms with Crippen molar-refractivity contribution in [3.8, 4) is 0 Å². The molecule has 2 heterocycles. The van der Waals surface area contributed by atoms with E-state index in [1.165, 1.54) is 13.0 Å². The van der Waals surface area contributed by atoms with Gasteiger partial charge in [0.2, 0.25) is 0 Å². The van der Waals surface area contributed by atoms with Gasteiger partial charge in [0.25, 0.3) is 0 Å². The average molecular weight is 316 g/mol. The molecule has 0 aromatic carbocycles. The maximum Gasteiger partial charge on any atom is 0.417 e. The molecular weight excluding hydrogens is 297 g/mol. The van der Waals surface area contributed by atoms with Crippen molar-refractivity contribution in [2.24, 2.45) is 0 Å².